The molecule has 0 radical (unpaired) electrons. The first-order chi connectivity index (χ1) is 17.5. The van der Waals surface area contributed by atoms with Gasteiger partial charge in [-0.05, 0) is 31.5 Å². The number of anilines is 1. The first-order valence-electron chi connectivity index (χ1n) is 12.4. The number of aromatic nitrogens is 2. The average Bonchev–Trinajstić information content (AvgIpc) is 2.90. The van der Waals surface area contributed by atoms with Gasteiger partial charge < -0.3 is 24.6 Å². The fourth-order valence-electron chi connectivity index (χ4n) is 4.38. The highest BCUT2D eigenvalue weighted by molar-refractivity contribution is 5.75. The molecule has 1 N–H and O–H groups in total. The molecule has 1 fully saturated rings. The molecule has 1 aliphatic rings. The molecule has 3 aromatic rings. The summed E-state index contributed by atoms with van der Waals surface area (Å²) < 4.78 is 11.0. The smallest absolute Gasteiger partial charge is 0.317 e. The molecule has 2 amide bonds. The second-order valence-corrected chi connectivity index (χ2v) is 9.20. The third-order valence-corrected chi connectivity index (χ3v) is 6.18. The lowest BCUT2D eigenvalue weighted by Crippen LogP contribution is -2.53. The summed E-state index contributed by atoms with van der Waals surface area (Å²) in [4.78, 5) is 26.7. The molecule has 0 atom stereocenters. The summed E-state index contributed by atoms with van der Waals surface area (Å²) in [5.41, 5.74) is 3.96. The van der Waals surface area contributed by atoms with Crippen molar-refractivity contribution in [2.45, 2.75) is 32.9 Å². The van der Waals surface area contributed by atoms with E-state index in [1.165, 1.54) is 0 Å². The van der Waals surface area contributed by atoms with E-state index in [1.54, 1.807) is 14.2 Å². The van der Waals surface area contributed by atoms with E-state index in [0.29, 0.717) is 45.0 Å². The second-order valence-electron chi connectivity index (χ2n) is 9.20. The van der Waals surface area contributed by atoms with E-state index in [4.69, 9.17) is 19.4 Å². The van der Waals surface area contributed by atoms with Gasteiger partial charge in [0.1, 0.15) is 11.6 Å². The van der Waals surface area contributed by atoms with Crippen molar-refractivity contribution in [1.29, 1.82) is 0 Å². The highest BCUT2D eigenvalue weighted by Crippen LogP contribution is 2.30. The number of ether oxygens (including phenoxy) is 2. The molecule has 0 spiro atoms. The number of urea groups is 1. The Labute approximate surface area is 213 Å². The van der Waals surface area contributed by atoms with Crippen LogP contribution in [0.5, 0.6) is 5.75 Å². The van der Waals surface area contributed by atoms with E-state index >= 15 is 0 Å². The summed E-state index contributed by atoms with van der Waals surface area (Å²) in [5, 5.41) is 2.99. The lowest BCUT2D eigenvalue weighted by atomic mass is 10.0. The zero-order valence-electron chi connectivity index (χ0n) is 21.5. The Kier molecular flexibility index (Phi) is 8.38. The average molecular weight is 490 g/mol. The van der Waals surface area contributed by atoms with Gasteiger partial charge in [-0.2, -0.15) is 0 Å². The lowest BCUT2D eigenvalue weighted by Gasteiger charge is -2.37. The molecule has 8 heteroatoms. The largest absolute Gasteiger partial charge is 0.497 e. The minimum Gasteiger partial charge on any atom is -0.497 e. The van der Waals surface area contributed by atoms with E-state index < -0.39 is 0 Å². The van der Waals surface area contributed by atoms with E-state index in [-0.39, 0.29) is 12.1 Å². The molecule has 36 heavy (non-hydrogen) atoms. The first kappa shape index (κ1) is 25.4. The molecule has 190 valence electrons. The molecule has 1 aliphatic heterocycles. The summed E-state index contributed by atoms with van der Waals surface area (Å²) in [6, 6.07) is 18.2. The Morgan fingerprint density at radius 2 is 1.75 bits per heavy atom. The molecular formula is C28H35N5O3. The van der Waals surface area contributed by atoms with Crippen LogP contribution in [-0.4, -0.2) is 67.3 Å². The van der Waals surface area contributed by atoms with Crippen LogP contribution in [0.2, 0.25) is 0 Å². The van der Waals surface area contributed by atoms with E-state index in [0.717, 1.165) is 34.0 Å². The van der Waals surface area contributed by atoms with Crippen molar-refractivity contribution in [3.63, 3.8) is 0 Å². The Hall–Kier alpha value is -3.65. The predicted molar refractivity (Wildman–Crippen MR) is 141 cm³/mol. The molecular weight excluding hydrogens is 454 g/mol. The van der Waals surface area contributed by atoms with Crippen LogP contribution < -0.4 is 15.0 Å². The molecule has 2 aromatic carbocycles. The fraction of sp³-hybridized carbons (Fsp3) is 0.393. The number of methoxy groups -OCH3 is 2. The van der Waals surface area contributed by atoms with Crippen molar-refractivity contribution in [3.05, 3.63) is 71.4 Å². The number of carbonyl (C=O) groups is 1. The highest BCUT2D eigenvalue weighted by Gasteiger charge is 2.26. The molecule has 2 heterocycles. The van der Waals surface area contributed by atoms with Crippen molar-refractivity contribution in [1.82, 2.24) is 20.2 Å². The van der Waals surface area contributed by atoms with E-state index in [1.807, 2.05) is 67.3 Å². The number of amides is 2. The van der Waals surface area contributed by atoms with Crippen LogP contribution in [0.1, 0.15) is 30.7 Å². The minimum atomic E-state index is -0.0195. The van der Waals surface area contributed by atoms with Gasteiger partial charge in [0.05, 0.1) is 19.4 Å². The molecule has 0 saturated carbocycles. The number of piperazine rings is 1. The number of hydrogen-bond acceptors (Lipinski definition) is 6. The van der Waals surface area contributed by atoms with Gasteiger partial charge in [-0.25, -0.2) is 14.8 Å². The van der Waals surface area contributed by atoms with Crippen LogP contribution in [0.3, 0.4) is 0 Å². The van der Waals surface area contributed by atoms with Crippen LogP contribution in [0, 0.1) is 0 Å². The Bertz CT molecular complexity index is 1160. The minimum absolute atomic E-state index is 0.0195. The summed E-state index contributed by atoms with van der Waals surface area (Å²) in [6.07, 6.45) is 0.647. The number of benzene rings is 2. The summed E-state index contributed by atoms with van der Waals surface area (Å²) >= 11 is 0. The summed E-state index contributed by atoms with van der Waals surface area (Å²) in [7, 11) is 3.36. The SMILES string of the molecule is COCc1nc(-c2ccccc2)nc(N2CCN(C(=O)NC(C)C)CC2)c1Cc1cccc(OC)c1. The summed E-state index contributed by atoms with van der Waals surface area (Å²) in [5.74, 6) is 2.38. The standard InChI is InChI=1S/C28H35N5O3/c1-20(2)29-28(34)33-15-13-32(14-16-33)27-24(18-21-9-8-12-23(17-21)36-4)25(19-35-3)30-26(31-27)22-10-6-5-7-11-22/h5-12,17,20H,13-16,18-19H2,1-4H3,(H,29,34). The van der Waals surface area contributed by atoms with Gasteiger partial charge in [-0.15, -0.1) is 0 Å². The van der Waals surface area contributed by atoms with Gasteiger partial charge >= 0.3 is 6.03 Å². The van der Waals surface area contributed by atoms with Crippen molar-refractivity contribution < 1.29 is 14.3 Å². The van der Waals surface area contributed by atoms with Gasteiger partial charge in [0.2, 0.25) is 0 Å². The lowest BCUT2D eigenvalue weighted by molar-refractivity contribution is 0.180. The maximum Gasteiger partial charge on any atom is 0.317 e. The third kappa shape index (κ3) is 6.12. The Balaban J connectivity index is 1.71. The molecule has 4 rings (SSSR count). The van der Waals surface area contributed by atoms with Crippen LogP contribution in [0.25, 0.3) is 11.4 Å². The highest BCUT2D eigenvalue weighted by atomic mass is 16.5. The Morgan fingerprint density at radius 3 is 2.42 bits per heavy atom. The van der Waals surface area contributed by atoms with Gasteiger partial charge in [-0.1, -0.05) is 42.5 Å². The fourth-order valence-corrected chi connectivity index (χ4v) is 4.38. The van der Waals surface area contributed by atoms with E-state index in [2.05, 4.69) is 16.3 Å². The maximum atomic E-state index is 12.5. The van der Waals surface area contributed by atoms with Crippen molar-refractivity contribution >= 4 is 11.8 Å². The maximum absolute atomic E-state index is 12.5. The van der Waals surface area contributed by atoms with Crippen LogP contribution in [0.15, 0.2) is 54.6 Å². The monoisotopic (exact) mass is 489 g/mol. The van der Waals surface area contributed by atoms with Crippen molar-refractivity contribution in [3.8, 4) is 17.1 Å². The van der Waals surface area contributed by atoms with Gasteiger partial charge in [0, 0.05) is 56.9 Å². The molecule has 0 bridgehead atoms. The summed E-state index contributed by atoms with van der Waals surface area (Å²) in [6.45, 7) is 6.96. The number of rotatable bonds is 8. The predicted octanol–water partition coefficient (Wildman–Crippen LogP) is 4.13. The first-order valence-corrected chi connectivity index (χ1v) is 12.4. The van der Waals surface area contributed by atoms with E-state index in [9.17, 15) is 4.79 Å². The van der Waals surface area contributed by atoms with Crippen LogP contribution >= 0.6 is 0 Å². The zero-order chi connectivity index (χ0) is 25.5. The molecule has 0 aliphatic carbocycles. The number of carbonyl (C=O) groups excluding carboxylic acids is 1. The molecule has 8 nitrogen and oxygen atoms in total. The van der Waals surface area contributed by atoms with Crippen LogP contribution in [-0.2, 0) is 17.8 Å². The van der Waals surface area contributed by atoms with Gasteiger partial charge in [0.25, 0.3) is 0 Å². The second kappa shape index (κ2) is 11.9. The number of nitrogens with one attached hydrogen (secondary N) is 1. The molecule has 1 saturated heterocycles. The molecule has 0 unspecified atom stereocenters. The number of hydrogen-bond donors (Lipinski definition) is 1. The third-order valence-electron chi connectivity index (χ3n) is 6.18. The normalized spacial score (nSPS) is 13.7. The topological polar surface area (TPSA) is 79.8 Å². The molecule has 1 aromatic heterocycles. The Morgan fingerprint density at radius 1 is 1.00 bits per heavy atom. The van der Waals surface area contributed by atoms with Gasteiger partial charge in [-0.3, -0.25) is 0 Å². The number of nitrogens with zero attached hydrogens (tertiary/aromatic N) is 4. The zero-order valence-corrected chi connectivity index (χ0v) is 21.5. The van der Waals surface area contributed by atoms with Crippen molar-refractivity contribution in [2.24, 2.45) is 0 Å². The van der Waals surface area contributed by atoms with Crippen molar-refractivity contribution in [2.75, 3.05) is 45.3 Å². The van der Waals surface area contributed by atoms with Crippen LogP contribution in [0.4, 0.5) is 10.6 Å². The van der Waals surface area contributed by atoms with Gasteiger partial charge in [0.15, 0.2) is 5.82 Å². The quantitative estimate of drug-likeness (QED) is 0.513.